The van der Waals surface area contributed by atoms with E-state index in [1.807, 2.05) is 4.98 Å². The summed E-state index contributed by atoms with van der Waals surface area (Å²) in [4.78, 5) is 37.8. The second-order valence-electron chi connectivity index (χ2n) is 3.82. The van der Waals surface area contributed by atoms with Gasteiger partial charge < -0.3 is 15.2 Å². The number of methoxy groups -OCH3 is 1. The normalized spacial score (nSPS) is 10.1. The summed E-state index contributed by atoms with van der Waals surface area (Å²) in [5.41, 5.74) is -1.97. The summed E-state index contributed by atoms with van der Waals surface area (Å²) in [6, 6.07) is 6.50. The van der Waals surface area contributed by atoms with E-state index in [1.165, 1.54) is 7.11 Å². The number of carbonyl (C=O) groups is 1. The van der Waals surface area contributed by atoms with Crippen molar-refractivity contribution in [3.63, 3.8) is 0 Å². The number of nitrogens with one attached hydrogen (secondary N) is 3. The first kappa shape index (κ1) is 13.4. The topological polar surface area (TPSA) is 124 Å². The Kier molecular flexibility index (Phi) is 3.56. The third kappa shape index (κ3) is 2.69. The molecule has 2 rings (SSSR count). The van der Waals surface area contributed by atoms with Gasteiger partial charge >= 0.3 is 11.7 Å². The highest BCUT2D eigenvalue weighted by atomic mass is 16.5. The lowest BCUT2D eigenvalue weighted by Gasteiger charge is -2.08. The SMILES string of the molecule is COc1ccc(Nc2c(C(=O)O)[nH]c(=O)[nH]c2=O)cc1. The van der Waals surface area contributed by atoms with Crippen molar-refractivity contribution in [1.82, 2.24) is 9.97 Å². The zero-order valence-electron chi connectivity index (χ0n) is 10.4. The van der Waals surface area contributed by atoms with Crippen molar-refractivity contribution in [3.8, 4) is 5.75 Å². The molecule has 0 fully saturated rings. The number of rotatable bonds is 4. The fourth-order valence-corrected chi connectivity index (χ4v) is 1.58. The molecule has 0 saturated heterocycles. The van der Waals surface area contributed by atoms with Crippen molar-refractivity contribution in [2.24, 2.45) is 0 Å². The molecule has 20 heavy (non-hydrogen) atoms. The number of anilines is 2. The first-order valence-corrected chi connectivity index (χ1v) is 5.52. The monoisotopic (exact) mass is 277 g/mol. The van der Waals surface area contributed by atoms with E-state index >= 15 is 0 Å². The number of H-pyrrole nitrogens is 2. The van der Waals surface area contributed by atoms with E-state index in [1.54, 1.807) is 24.3 Å². The van der Waals surface area contributed by atoms with Gasteiger partial charge in [0.15, 0.2) is 5.69 Å². The van der Waals surface area contributed by atoms with Gasteiger partial charge in [0.25, 0.3) is 5.56 Å². The van der Waals surface area contributed by atoms with Crippen LogP contribution in [0.2, 0.25) is 0 Å². The molecule has 104 valence electrons. The largest absolute Gasteiger partial charge is 0.497 e. The lowest BCUT2D eigenvalue weighted by molar-refractivity contribution is 0.0691. The number of carboxylic acid groups (broad SMARTS) is 1. The average molecular weight is 277 g/mol. The van der Waals surface area contributed by atoms with Crippen LogP contribution in [0.5, 0.6) is 5.75 Å². The summed E-state index contributed by atoms with van der Waals surface area (Å²) < 4.78 is 4.98. The lowest BCUT2D eigenvalue weighted by atomic mass is 10.2. The van der Waals surface area contributed by atoms with Crippen molar-refractivity contribution in [3.05, 3.63) is 50.8 Å². The van der Waals surface area contributed by atoms with Gasteiger partial charge in [-0.1, -0.05) is 0 Å². The molecular weight excluding hydrogens is 266 g/mol. The summed E-state index contributed by atoms with van der Waals surface area (Å²) in [5.74, 6) is -0.798. The number of aromatic amines is 2. The highest BCUT2D eigenvalue weighted by molar-refractivity contribution is 5.92. The van der Waals surface area contributed by atoms with Crippen molar-refractivity contribution in [1.29, 1.82) is 0 Å². The van der Waals surface area contributed by atoms with Crippen LogP contribution in [0.25, 0.3) is 0 Å². The van der Waals surface area contributed by atoms with Crippen LogP contribution in [-0.4, -0.2) is 28.2 Å². The third-order valence-electron chi connectivity index (χ3n) is 2.52. The van der Waals surface area contributed by atoms with Gasteiger partial charge in [-0.15, -0.1) is 0 Å². The van der Waals surface area contributed by atoms with E-state index in [0.717, 1.165) is 0 Å². The van der Waals surface area contributed by atoms with Crippen LogP contribution in [0.1, 0.15) is 10.5 Å². The van der Waals surface area contributed by atoms with Crippen LogP contribution in [-0.2, 0) is 0 Å². The van der Waals surface area contributed by atoms with Gasteiger partial charge in [-0.25, -0.2) is 9.59 Å². The Morgan fingerprint density at radius 2 is 1.85 bits per heavy atom. The van der Waals surface area contributed by atoms with Crippen molar-refractivity contribution in [2.75, 3.05) is 12.4 Å². The fourth-order valence-electron chi connectivity index (χ4n) is 1.58. The van der Waals surface area contributed by atoms with E-state index in [4.69, 9.17) is 9.84 Å². The molecule has 0 bridgehead atoms. The van der Waals surface area contributed by atoms with Crippen LogP contribution in [0.4, 0.5) is 11.4 Å². The summed E-state index contributed by atoms with van der Waals surface area (Å²) >= 11 is 0. The molecule has 2 aromatic rings. The summed E-state index contributed by atoms with van der Waals surface area (Å²) in [7, 11) is 1.51. The van der Waals surface area contributed by atoms with Crippen molar-refractivity contribution < 1.29 is 14.6 Å². The molecule has 1 aromatic carbocycles. The molecule has 0 unspecified atom stereocenters. The van der Waals surface area contributed by atoms with Crippen LogP contribution in [0.3, 0.4) is 0 Å². The molecule has 0 aliphatic heterocycles. The maximum atomic E-state index is 11.7. The third-order valence-corrected chi connectivity index (χ3v) is 2.52. The molecule has 8 heteroatoms. The standard InChI is InChI=1S/C12H11N3O5/c1-20-7-4-2-6(3-5-7)13-8-9(11(17)18)14-12(19)15-10(8)16/h2-5,13H,1H3,(H,17,18)(H2,14,15,16,19). The zero-order chi connectivity index (χ0) is 14.7. The Bertz CT molecular complexity index is 745. The molecule has 0 spiro atoms. The van der Waals surface area contributed by atoms with Gasteiger partial charge in [0, 0.05) is 5.69 Å². The molecule has 0 atom stereocenters. The molecule has 4 N–H and O–H groups in total. The van der Waals surface area contributed by atoms with E-state index < -0.39 is 22.9 Å². The summed E-state index contributed by atoms with van der Waals surface area (Å²) in [6.07, 6.45) is 0. The predicted octanol–water partition coefficient (Wildman–Crippen LogP) is 0.514. The predicted molar refractivity (Wildman–Crippen MR) is 70.9 cm³/mol. The molecule has 0 radical (unpaired) electrons. The zero-order valence-corrected chi connectivity index (χ0v) is 10.4. The lowest BCUT2D eigenvalue weighted by Crippen LogP contribution is -2.28. The quantitative estimate of drug-likeness (QED) is 0.645. The average Bonchev–Trinajstić information content (AvgIpc) is 2.42. The number of benzene rings is 1. The van der Waals surface area contributed by atoms with Gasteiger partial charge in [-0.3, -0.25) is 14.8 Å². The molecule has 1 heterocycles. The Morgan fingerprint density at radius 3 is 2.40 bits per heavy atom. The second-order valence-corrected chi connectivity index (χ2v) is 3.82. The number of ether oxygens (including phenoxy) is 1. The van der Waals surface area contributed by atoms with Gasteiger partial charge in [0.2, 0.25) is 0 Å². The maximum Gasteiger partial charge on any atom is 0.354 e. The van der Waals surface area contributed by atoms with Crippen molar-refractivity contribution >= 4 is 17.3 Å². The Morgan fingerprint density at radius 1 is 1.20 bits per heavy atom. The number of hydrogen-bond donors (Lipinski definition) is 4. The molecule has 0 aliphatic rings. The molecule has 0 aliphatic carbocycles. The van der Waals surface area contributed by atoms with E-state index in [0.29, 0.717) is 11.4 Å². The van der Waals surface area contributed by atoms with E-state index in [2.05, 4.69) is 10.3 Å². The smallest absolute Gasteiger partial charge is 0.354 e. The minimum atomic E-state index is -1.41. The van der Waals surface area contributed by atoms with Gasteiger partial charge in [0.05, 0.1) is 7.11 Å². The fraction of sp³-hybridized carbons (Fsp3) is 0.0833. The molecule has 0 amide bonds. The minimum Gasteiger partial charge on any atom is -0.497 e. The first-order chi connectivity index (χ1) is 9.51. The molecule has 0 saturated carbocycles. The van der Waals surface area contributed by atoms with E-state index in [9.17, 15) is 14.4 Å². The number of hydrogen-bond acceptors (Lipinski definition) is 5. The van der Waals surface area contributed by atoms with E-state index in [-0.39, 0.29) is 5.69 Å². The number of aromatic carboxylic acids is 1. The molecular formula is C12H11N3O5. The summed E-state index contributed by atoms with van der Waals surface area (Å²) in [5, 5.41) is 11.6. The number of carboxylic acids is 1. The minimum absolute atomic E-state index is 0.248. The number of aromatic nitrogens is 2. The Labute approximate surface area is 112 Å². The second kappa shape index (κ2) is 5.31. The van der Waals surface area contributed by atoms with Gasteiger partial charge in [-0.05, 0) is 24.3 Å². The summed E-state index contributed by atoms with van der Waals surface area (Å²) in [6.45, 7) is 0. The molecule has 8 nitrogen and oxygen atoms in total. The van der Waals surface area contributed by atoms with Crippen LogP contribution in [0.15, 0.2) is 33.9 Å². The van der Waals surface area contributed by atoms with Crippen LogP contribution in [0, 0.1) is 0 Å². The van der Waals surface area contributed by atoms with Crippen LogP contribution < -0.4 is 21.3 Å². The Balaban J connectivity index is 2.44. The van der Waals surface area contributed by atoms with Gasteiger partial charge in [0.1, 0.15) is 11.4 Å². The Hall–Kier alpha value is -3.03. The molecule has 1 aromatic heterocycles. The highest BCUT2D eigenvalue weighted by Crippen LogP contribution is 2.18. The van der Waals surface area contributed by atoms with Crippen molar-refractivity contribution in [2.45, 2.75) is 0 Å². The highest BCUT2D eigenvalue weighted by Gasteiger charge is 2.15. The first-order valence-electron chi connectivity index (χ1n) is 5.52. The van der Waals surface area contributed by atoms with Crippen LogP contribution >= 0.6 is 0 Å². The van der Waals surface area contributed by atoms with Gasteiger partial charge in [-0.2, -0.15) is 0 Å². The maximum absolute atomic E-state index is 11.7.